The van der Waals surface area contributed by atoms with Crippen molar-refractivity contribution < 1.29 is 18.3 Å². The third-order valence-electron chi connectivity index (χ3n) is 3.65. The summed E-state index contributed by atoms with van der Waals surface area (Å²) in [6, 6.07) is 9.37. The Labute approximate surface area is 128 Å². The first-order valence-electron chi connectivity index (χ1n) is 7.33. The molecule has 0 N–H and O–H groups in total. The van der Waals surface area contributed by atoms with E-state index in [1.54, 1.807) is 29.2 Å². The maximum absolute atomic E-state index is 12.9. The Morgan fingerprint density at radius 2 is 1.73 bits per heavy atom. The zero-order valence-electron chi connectivity index (χ0n) is 12.6. The number of hydrogen-bond donors (Lipinski definition) is 0. The van der Waals surface area contributed by atoms with Crippen molar-refractivity contribution in [1.82, 2.24) is 4.90 Å². The molecule has 1 amide bonds. The zero-order valence-corrected chi connectivity index (χ0v) is 12.6. The Balaban J connectivity index is 1.78. The van der Waals surface area contributed by atoms with Gasteiger partial charge in [0.15, 0.2) is 5.76 Å². The molecule has 5 heteroatoms. The van der Waals surface area contributed by atoms with E-state index >= 15 is 0 Å². The summed E-state index contributed by atoms with van der Waals surface area (Å²) in [5.41, 5.74) is 0.740. The second-order valence-electron chi connectivity index (χ2n) is 5.64. The minimum atomic E-state index is -0.303. The molecule has 0 saturated carbocycles. The number of benzene rings is 1. The molecule has 1 fully saturated rings. The van der Waals surface area contributed by atoms with E-state index in [4.69, 9.17) is 9.15 Å². The predicted molar refractivity (Wildman–Crippen MR) is 80.0 cm³/mol. The summed E-state index contributed by atoms with van der Waals surface area (Å²) in [6.07, 6.45) is 0.0264. The molecule has 2 unspecified atom stereocenters. The van der Waals surface area contributed by atoms with Gasteiger partial charge in [-0.15, -0.1) is 0 Å². The van der Waals surface area contributed by atoms with Crippen molar-refractivity contribution in [2.75, 3.05) is 13.1 Å². The van der Waals surface area contributed by atoms with Crippen LogP contribution in [0.3, 0.4) is 0 Å². The summed E-state index contributed by atoms with van der Waals surface area (Å²) in [4.78, 5) is 14.2. The van der Waals surface area contributed by atoms with Crippen molar-refractivity contribution in [1.29, 1.82) is 0 Å². The Kier molecular flexibility index (Phi) is 3.98. The lowest BCUT2D eigenvalue weighted by atomic mass is 10.2. The molecule has 2 aromatic rings. The average Bonchev–Trinajstić information content (AvgIpc) is 2.96. The number of amides is 1. The van der Waals surface area contributed by atoms with Crippen LogP contribution in [0.15, 0.2) is 40.8 Å². The normalized spacial score (nSPS) is 21.9. The van der Waals surface area contributed by atoms with Crippen molar-refractivity contribution in [2.24, 2.45) is 0 Å². The van der Waals surface area contributed by atoms with Gasteiger partial charge in [0.05, 0.1) is 12.2 Å². The van der Waals surface area contributed by atoms with Gasteiger partial charge in [-0.05, 0) is 50.2 Å². The average molecular weight is 303 g/mol. The van der Waals surface area contributed by atoms with Crippen LogP contribution in [-0.2, 0) is 4.74 Å². The fraction of sp³-hybridized carbons (Fsp3) is 0.353. The summed E-state index contributed by atoms with van der Waals surface area (Å²) in [6.45, 7) is 5.00. The third kappa shape index (κ3) is 3.04. The smallest absolute Gasteiger partial charge is 0.289 e. The number of halogens is 1. The number of nitrogens with zero attached hydrogens (tertiary/aromatic N) is 1. The van der Waals surface area contributed by atoms with E-state index < -0.39 is 0 Å². The van der Waals surface area contributed by atoms with E-state index in [0.717, 1.165) is 5.56 Å². The van der Waals surface area contributed by atoms with Gasteiger partial charge < -0.3 is 14.1 Å². The molecule has 1 aromatic heterocycles. The van der Waals surface area contributed by atoms with Crippen molar-refractivity contribution in [2.45, 2.75) is 26.1 Å². The number of hydrogen-bond acceptors (Lipinski definition) is 3. The van der Waals surface area contributed by atoms with Gasteiger partial charge in [0.25, 0.3) is 5.91 Å². The SMILES string of the molecule is CC1CN(C(=O)c2ccc(-c3ccc(F)cc3)o2)CC(C)O1. The second kappa shape index (κ2) is 5.93. The first kappa shape index (κ1) is 14.8. The fourth-order valence-electron chi connectivity index (χ4n) is 2.72. The van der Waals surface area contributed by atoms with E-state index in [9.17, 15) is 9.18 Å². The molecule has 1 aliphatic heterocycles. The minimum absolute atomic E-state index is 0.0132. The summed E-state index contributed by atoms with van der Waals surface area (Å²) in [7, 11) is 0. The van der Waals surface area contributed by atoms with Crippen LogP contribution in [0.4, 0.5) is 4.39 Å². The van der Waals surface area contributed by atoms with Gasteiger partial charge in [0.1, 0.15) is 11.6 Å². The number of morpholine rings is 1. The summed E-state index contributed by atoms with van der Waals surface area (Å²) in [5, 5.41) is 0. The van der Waals surface area contributed by atoms with Crippen LogP contribution in [0.2, 0.25) is 0 Å². The lowest BCUT2D eigenvalue weighted by Gasteiger charge is -2.34. The number of carbonyl (C=O) groups is 1. The Morgan fingerprint density at radius 1 is 1.09 bits per heavy atom. The molecule has 116 valence electrons. The van der Waals surface area contributed by atoms with Crippen LogP contribution in [0, 0.1) is 5.82 Å². The Morgan fingerprint density at radius 3 is 2.36 bits per heavy atom. The lowest BCUT2D eigenvalue weighted by molar-refractivity contribution is -0.0592. The van der Waals surface area contributed by atoms with Crippen LogP contribution < -0.4 is 0 Å². The molecular formula is C17H18FNO3. The molecule has 0 radical (unpaired) electrons. The number of furan rings is 1. The fourth-order valence-corrected chi connectivity index (χ4v) is 2.72. The van der Waals surface area contributed by atoms with E-state index in [0.29, 0.717) is 24.6 Å². The van der Waals surface area contributed by atoms with Crippen LogP contribution >= 0.6 is 0 Å². The van der Waals surface area contributed by atoms with Crippen molar-refractivity contribution in [3.63, 3.8) is 0 Å². The van der Waals surface area contributed by atoms with Crippen molar-refractivity contribution in [3.8, 4) is 11.3 Å². The van der Waals surface area contributed by atoms with Gasteiger partial charge in [0.2, 0.25) is 0 Å². The number of rotatable bonds is 2. The van der Waals surface area contributed by atoms with E-state index in [2.05, 4.69) is 0 Å². The predicted octanol–water partition coefficient (Wildman–Crippen LogP) is 3.34. The van der Waals surface area contributed by atoms with E-state index in [-0.39, 0.29) is 23.9 Å². The molecule has 1 aliphatic rings. The topological polar surface area (TPSA) is 42.7 Å². The van der Waals surface area contributed by atoms with Crippen molar-refractivity contribution in [3.05, 3.63) is 48.0 Å². The third-order valence-corrected chi connectivity index (χ3v) is 3.65. The monoisotopic (exact) mass is 303 g/mol. The van der Waals surface area contributed by atoms with E-state index in [1.807, 2.05) is 13.8 Å². The van der Waals surface area contributed by atoms with Gasteiger partial charge in [-0.1, -0.05) is 0 Å². The first-order chi connectivity index (χ1) is 10.5. The van der Waals surface area contributed by atoms with Gasteiger partial charge in [-0.2, -0.15) is 0 Å². The molecule has 1 aromatic carbocycles. The summed E-state index contributed by atoms with van der Waals surface area (Å²) >= 11 is 0. The minimum Gasteiger partial charge on any atom is -0.451 e. The van der Waals surface area contributed by atoms with Crippen LogP contribution in [-0.4, -0.2) is 36.1 Å². The van der Waals surface area contributed by atoms with Crippen LogP contribution in [0.5, 0.6) is 0 Å². The molecule has 4 nitrogen and oxygen atoms in total. The highest BCUT2D eigenvalue weighted by atomic mass is 19.1. The quantitative estimate of drug-likeness (QED) is 0.854. The molecule has 0 aliphatic carbocycles. The molecule has 22 heavy (non-hydrogen) atoms. The zero-order chi connectivity index (χ0) is 15.7. The maximum Gasteiger partial charge on any atom is 0.289 e. The van der Waals surface area contributed by atoms with Crippen LogP contribution in [0.25, 0.3) is 11.3 Å². The molecular weight excluding hydrogens is 285 g/mol. The molecule has 3 rings (SSSR count). The lowest BCUT2D eigenvalue weighted by Crippen LogP contribution is -2.48. The summed E-state index contributed by atoms with van der Waals surface area (Å²) in [5.74, 6) is 0.400. The number of ether oxygens (including phenoxy) is 1. The summed E-state index contributed by atoms with van der Waals surface area (Å²) < 4.78 is 24.2. The molecule has 2 atom stereocenters. The van der Waals surface area contributed by atoms with Crippen molar-refractivity contribution >= 4 is 5.91 Å². The van der Waals surface area contributed by atoms with Gasteiger partial charge >= 0.3 is 0 Å². The number of carbonyl (C=O) groups excluding carboxylic acids is 1. The Hall–Kier alpha value is -2.14. The van der Waals surface area contributed by atoms with Gasteiger partial charge in [-0.25, -0.2) is 4.39 Å². The Bertz CT molecular complexity index is 655. The molecule has 0 spiro atoms. The molecule has 0 bridgehead atoms. The highest BCUT2D eigenvalue weighted by Gasteiger charge is 2.28. The largest absolute Gasteiger partial charge is 0.451 e. The molecule has 1 saturated heterocycles. The van der Waals surface area contributed by atoms with Gasteiger partial charge in [0, 0.05) is 18.7 Å². The first-order valence-corrected chi connectivity index (χ1v) is 7.33. The highest BCUT2D eigenvalue weighted by molar-refractivity contribution is 5.92. The standard InChI is InChI=1S/C17H18FNO3/c1-11-9-19(10-12(2)21-11)17(20)16-8-7-15(22-16)13-3-5-14(18)6-4-13/h3-8,11-12H,9-10H2,1-2H3. The molecule has 2 heterocycles. The maximum atomic E-state index is 12.9. The highest BCUT2D eigenvalue weighted by Crippen LogP contribution is 2.24. The van der Waals surface area contributed by atoms with Gasteiger partial charge in [-0.3, -0.25) is 4.79 Å². The van der Waals surface area contributed by atoms with E-state index in [1.165, 1.54) is 12.1 Å². The van der Waals surface area contributed by atoms with Crippen LogP contribution in [0.1, 0.15) is 24.4 Å². The second-order valence-corrected chi connectivity index (χ2v) is 5.64.